The molecule has 3 nitrogen and oxygen atoms in total. The Hall–Kier alpha value is -1.62. The largest absolute Gasteiger partial charge is 0.268 e. The van der Waals surface area contributed by atoms with E-state index in [2.05, 4.69) is 16.3 Å². The topological polar surface area (TPSA) is 33.6 Å². The van der Waals surface area contributed by atoms with E-state index >= 15 is 0 Å². The minimum absolute atomic E-state index is 0.479. The third-order valence-electron chi connectivity index (χ3n) is 3.11. The molecule has 21 heavy (non-hydrogen) atoms. The first kappa shape index (κ1) is 14.3. The van der Waals surface area contributed by atoms with Gasteiger partial charge in [-0.15, -0.1) is 0 Å². The van der Waals surface area contributed by atoms with Crippen LogP contribution in [0.2, 0.25) is 10.0 Å². The van der Waals surface area contributed by atoms with Crippen molar-refractivity contribution in [3.05, 3.63) is 62.8 Å². The fourth-order valence-corrected chi connectivity index (χ4v) is 2.67. The molecule has 0 fully saturated rings. The number of rotatable bonds is 2. The molecule has 0 radical (unpaired) electrons. The van der Waals surface area contributed by atoms with E-state index in [1.807, 2.05) is 35.8 Å². The Balaban J connectivity index is 2.22. The molecule has 1 N–H and O–H groups in total. The number of nitrogens with one attached hydrogen (secondary N) is 1. The molecular weight excluding hydrogens is 325 g/mol. The summed E-state index contributed by atoms with van der Waals surface area (Å²) in [6, 6.07) is 13.4. The van der Waals surface area contributed by atoms with Crippen LogP contribution in [-0.4, -0.2) is 14.8 Å². The van der Waals surface area contributed by atoms with E-state index in [0.717, 1.165) is 22.6 Å². The van der Waals surface area contributed by atoms with E-state index in [4.69, 9.17) is 35.4 Å². The maximum atomic E-state index is 6.10. The summed E-state index contributed by atoms with van der Waals surface area (Å²) in [4.78, 5) is 0. The van der Waals surface area contributed by atoms with Crippen molar-refractivity contribution < 1.29 is 0 Å². The summed E-state index contributed by atoms with van der Waals surface area (Å²) in [5.41, 5.74) is 2.95. The zero-order valence-electron chi connectivity index (χ0n) is 11.1. The quantitative estimate of drug-likeness (QED) is 0.652. The maximum Gasteiger partial charge on any atom is 0.200 e. The Morgan fingerprint density at radius 1 is 1.10 bits per heavy atom. The van der Waals surface area contributed by atoms with Crippen molar-refractivity contribution in [1.29, 1.82) is 0 Å². The van der Waals surface area contributed by atoms with E-state index < -0.39 is 0 Å². The summed E-state index contributed by atoms with van der Waals surface area (Å²) in [7, 11) is 0. The zero-order valence-corrected chi connectivity index (χ0v) is 13.4. The average Bonchev–Trinajstić information content (AvgIpc) is 2.84. The molecule has 2 aromatic carbocycles. The molecule has 106 valence electrons. The lowest BCUT2D eigenvalue weighted by Gasteiger charge is -2.08. The lowest BCUT2D eigenvalue weighted by molar-refractivity contribution is 1.04. The van der Waals surface area contributed by atoms with E-state index in [1.54, 1.807) is 12.1 Å². The second kappa shape index (κ2) is 5.64. The van der Waals surface area contributed by atoms with E-state index in [9.17, 15) is 0 Å². The van der Waals surface area contributed by atoms with Crippen LogP contribution in [0.4, 0.5) is 0 Å². The summed E-state index contributed by atoms with van der Waals surface area (Å²) < 4.78 is 2.34. The lowest BCUT2D eigenvalue weighted by atomic mass is 10.1. The highest BCUT2D eigenvalue weighted by molar-refractivity contribution is 7.71. The second-order valence-corrected chi connectivity index (χ2v) is 5.86. The van der Waals surface area contributed by atoms with Crippen LogP contribution in [-0.2, 0) is 0 Å². The first-order chi connectivity index (χ1) is 10.1. The third-order valence-corrected chi connectivity index (χ3v) is 4.12. The highest BCUT2D eigenvalue weighted by Crippen LogP contribution is 2.27. The van der Waals surface area contributed by atoms with Gasteiger partial charge in [0.15, 0.2) is 10.6 Å². The summed E-state index contributed by atoms with van der Waals surface area (Å²) in [5.74, 6) is 0.738. The highest BCUT2D eigenvalue weighted by Gasteiger charge is 2.12. The minimum Gasteiger partial charge on any atom is -0.268 e. The van der Waals surface area contributed by atoms with Crippen molar-refractivity contribution in [1.82, 2.24) is 14.8 Å². The van der Waals surface area contributed by atoms with Crippen LogP contribution in [0, 0.1) is 11.7 Å². The molecule has 0 aliphatic rings. The van der Waals surface area contributed by atoms with Crippen LogP contribution in [0.25, 0.3) is 17.1 Å². The monoisotopic (exact) mass is 335 g/mol. The molecule has 0 atom stereocenters. The predicted octanol–water partition coefficient (Wildman–Crippen LogP) is 5.21. The number of hydrogen-bond acceptors (Lipinski definition) is 2. The third kappa shape index (κ3) is 2.75. The molecular formula is C15H11Cl2N3S. The number of halogens is 2. The summed E-state index contributed by atoms with van der Waals surface area (Å²) in [5, 5.41) is 8.14. The van der Waals surface area contributed by atoms with Crippen LogP contribution in [0.1, 0.15) is 5.56 Å². The number of nitrogens with zero attached hydrogens (tertiary/aromatic N) is 2. The Bertz CT molecular complexity index is 867. The van der Waals surface area contributed by atoms with Gasteiger partial charge in [-0.2, -0.15) is 5.10 Å². The molecule has 0 aliphatic heterocycles. The molecule has 0 saturated heterocycles. The Morgan fingerprint density at radius 2 is 1.90 bits per heavy atom. The fraction of sp³-hybridized carbons (Fsp3) is 0.0667. The zero-order chi connectivity index (χ0) is 15.0. The van der Waals surface area contributed by atoms with Gasteiger partial charge in [0, 0.05) is 5.56 Å². The van der Waals surface area contributed by atoms with Crippen LogP contribution < -0.4 is 0 Å². The minimum atomic E-state index is 0.479. The smallest absolute Gasteiger partial charge is 0.200 e. The fourth-order valence-electron chi connectivity index (χ4n) is 2.14. The van der Waals surface area contributed by atoms with Gasteiger partial charge < -0.3 is 0 Å². The van der Waals surface area contributed by atoms with Gasteiger partial charge in [0.25, 0.3) is 0 Å². The van der Waals surface area contributed by atoms with Gasteiger partial charge >= 0.3 is 0 Å². The van der Waals surface area contributed by atoms with E-state index in [0.29, 0.717) is 14.8 Å². The number of hydrogen-bond donors (Lipinski definition) is 1. The molecule has 6 heteroatoms. The predicted molar refractivity (Wildman–Crippen MR) is 88.9 cm³/mol. The summed E-state index contributed by atoms with van der Waals surface area (Å²) >= 11 is 17.4. The molecule has 0 amide bonds. The first-order valence-corrected chi connectivity index (χ1v) is 7.42. The van der Waals surface area contributed by atoms with E-state index in [1.165, 1.54) is 0 Å². The molecule has 0 bridgehead atoms. The molecule has 3 rings (SSSR count). The van der Waals surface area contributed by atoms with E-state index in [-0.39, 0.29) is 0 Å². The van der Waals surface area contributed by atoms with Gasteiger partial charge in [-0.25, -0.2) is 0 Å². The highest BCUT2D eigenvalue weighted by atomic mass is 35.5. The van der Waals surface area contributed by atoms with Crippen LogP contribution >= 0.6 is 35.4 Å². The molecule has 3 aromatic rings. The maximum absolute atomic E-state index is 6.10. The summed E-state index contributed by atoms with van der Waals surface area (Å²) in [6.07, 6.45) is 0. The van der Waals surface area contributed by atoms with Gasteiger partial charge in [0.2, 0.25) is 0 Å². The van der Waals surface area contributed by atoms with Gasteiger partial charge in [-0.1, -0.05) is 47.0 Å². The SMILES string of the molecule is Cc1cccc(-c2n[nH]c(=S)n2-c2ccc(Cl)c(Cl)c2)c1. The van der Waals surface area contributed by atoms with Crippen molar-refractivity contribution in [2.45, 2.75) is 6.92 Å². The summed E-state index contributed by atoms with van der Waals surface area (Å²) in [6.45, 7) is 2.04. The Kier molecular flexibility index (Phi) is 3.85. The van der Waals surface area contributed by atoms with Gasteiger partial charge in [0.1, 0.15) is 0 Å². The van der Waals surface area contributed by atoms with Crippen LogP contribution in [0.5, 0.6) is 0 Å². The molecule has 0 saturated carbocycles. The first-order valence-electron chi connectivity index (χ1n) is 6.26. The second-order valence-electron chi connectivity index (χ2n) is 4.66. The molecule has 0 aliphatic carbocycles. The lowest BCUT2D eigenvalue weighted by Crippen LogP contribution is -1.98. The Morgan fingerprint density at radius 3 is 2.62 bits per heavy atom. The number of aryl methyl sites for hydroxylation is 1. The van der Waals surface area contributed by atoms with Gasteiger partial charge in [-0.3, -0.25) is 9.67 Å². The van der Waals surface area contributed by atoms with Gasteiger partial charge in [-0.05, 0) is 43.4 Å². The van der Waals surface area contributed by atoms with Crippen molar-refractivity contribution in [3.63, 3.8) is 0 Å². The molecule has 0 spiro atoms. The average molecular weight is 336 g/mol. The normalized spacial score (nSPS) is 10.8. The number of aromatic amines is 1. The van der Waals surface area contributed by atoms with Gasteiger partial charge in [0.05, 0.1) is 15.7 Å². The standard InChI is InChI=1S/C15H11Cl2N3S/c1-9-3-2-4-10(7-9)14-18-19-15(21)20(14)11-5-6-12(16)13(17)8-11/h2-8H,1H3,(H,19,21). The molecule has 1 heterocycles. The van der Waals surface area contributed by atoms with Crippen molar-refractivity contribution >= 4 is 35.4 Å². The van der Waals surface area contributed by atoms with Crippen molar-refractivity contribution in [2.24, 2.45) is 0 Å². The van der Waals surface area contributed by atoms with Crippen molar-refractivity contribution in [3.8, 4) is 17.1 Å². The molecule has 1 aromatic heterocycles. The number of benzene rings is 2. The number of H-pyrrole nitrogens is 1. The van der Waals surface area contributed by atoms with Crippen LogP contribution in [0.15, 0.2) is 42.5 Å². The number of aromatic nitrogens is 3. The molecule has 0 unspecified atom stereocenters. The van der Waals surface area contributed by atoms with Crippen LogP contribution in [0.3, 0.4) is 0 Å². The Labute approximate surface area is 137 Å². The van der Waals surface area contributed by atoms with Crippen molar-refractivity contribution in [2.75, 3.05) is 0 Å².